The molecule has 2 aromatic heterocycles. The number of carbonyl (C=O) groups excluding carboxylic acids is 1. The van der Waals surface area contributed by atoms with Crippen LogP contribution in [-0.4, -0.2) is 17.2 Å². The van der Waals surface area contributed by atoms with Gasteiger partial charge in [-0.15, -0.1) is 22.7 Å². The van der Waals surface area contributed by atoms with E-state index in [1.165, 1.54) is 29.1 Å². The fraction of sp³-hybridized carbons (Fsp3) is 0.438. The van der Waals surface area contributed by atoms with Crippen LogP contribution < -0.4 is 0 Å². The van der Waals surface area contributed by atoms with Crippen LogP contribution in [0.3, 0.4) is 0 Å². The number of hydrogen-bond acceptors (Lipinski definition) is 5. The van der Waals surface area contributed by atoms with E-state index in [0.717, 1.165) is 25.7 Å². The molecule has 3 nitrogen and oxygen atoms in total. The van der Waals surface area contributed by atoms with Crippen LogP contribution in [0.5, 0.6) is 0 Å². The van der Waals surface area contributed by atoms with E-state index in [1.54, 1.807) is 12.1 Å². The highest BCUT2D eigenvalue weighted by Gasteiger charge is 2.44. The highest BCUT2D eigenvalue weighted by atomic mass is 32.1. The average Bonchev–Trinajstić information content (AvgIpc) is 3.21. The summed E-state index contributed by atoms with van der Waals surface area (Å²) in [6.45, 7) is 0. The van der Waals surface area contributed by atoms with Gasteiger partial charge in [0.2, 0.25) is 5.60 Å². The van der Waals surface area contributed by atoms with Crippen molar-refractivity contribution < 1.29 is 24.0 Å². The summed E-state index contributed by atoms with van der Waals surface area (Å²) in [6, 6.07) is 7.25. The van der Waals surface area contributed by atoms with Crippen molar-refractivity contribution in [2.45, 2.75) is 43.8 Å². The minimum Gasteiger partial charge on any atom is -0.460 e. The van der Waals surface area contributed by atoms with Gasteiger partial charge in [-0.3, -0.25) is 9.41 Å². The molecule has 7 heteroatoms. The Balaban J connectivity index is 0.00000132. The summed E-state index contributed by atoms with van der Waals surface area (Å²) in [4.78, 5) is 13.9. The molecule has 3 rings (SSSR count). The van der Waals surface area contributed by atoms with Gasteiger partial charge in [0.25, 0.3) is 0 Å². The molecule has 0 spiro atoms. The lowest BCUT2D eigenvalue weighted by Crippen LogP contribution is -2.39. The highest BCUT2D eigenvalue weighted by molar-refractivity contribution is 7.12. The van der Waals surface area contributed by atoms with Crippen LogP contribution in [0.4, 0.5) is 9.41 Å². The Hall–Kier alpha value is -1.31. The molecule has 0 saturated heterocycles. The van der Waals surface area contributed by atoms with Crippen LogP contribution in [0.25, 0.3) is 0 Å². The fourth-order valence-corrected chi connectivity index (χ4v) is 4.43. The molecule has 128 valence electrons. The van der Waals surface area contributed by atoms with Crippen molar-refractivity contribution in [3.8, 4) is 0 Å². The van der Waals surface area contributed by atoms with Gasteiger partial charge in [0, 0.05) is 0 Å². The third-order valence-electron chi connectivity index (χ3n) is 3.88. The Morgan fingerprint density at radius 2 is 1.57 bits per heavy atom. The maximum absolute atomic E-state index is 12.7. The molecule has 0 amide bonds. The van der Waals surface area contributed by atoms with Gasteiger partial charge in [0.05, 0.1) is 9.75 Å². The molecule has 1 aliphatic rings. The fourth-order valence-electron chi connectivity index (χ4n) is 2.71. The smallest absolute Gasteiger partial charge is 0.349 e. The van der Waals surface area contributed by atoms with Crippen molar-refractivity contribution >= 4 is 28.6 Å². The van der Waals surface area contributed by atoms with E-state index >= 15 is 0 Å². The second-order valence-corrected chi connectivity index (χ2v) is 7.23. The zero-order valence-electron chi connectivity index (χ0n) is 12.5. The van der Waals surface area contributed by atoms with Crippen LogP contribution in [0, 0.1) is 0 Å². The first-order chi connectivity index (χ1) is 10.2. The Labute approximate surface area is 141 Å². The first-order valence-corrected chi connectivity index (χ1v) is 8.98. The summed E-state index contributed by atoms with van der Waals surface area (Å²) in [6.07, 6.45) is 5.13. The van der Waals surface area contributed by atoms with Crippen molar-refractivity contribution in [3.05, 3.63) is 44.8 Å². The van der Waals surface area contributed by atoms with Crippen LogP contribution in [0.1, 0.15) is 41.9 Å². The highest BCUT2D eigenvalue weighted by Crippen LogP contribution is 2.37. The SMILES string of the molecule is F.F.O=C(OC1CCCCC1)C(O)(c1cccs1)c1cccs1. The number of aliphatic hydroxyl groups is 1. The van der Waals surface area contributed by atoms with Crippen molar-refractivity contribution in [2.75, 3.05) is 0 Å². The molecule has 0 atom stereocenters. The van der Waals surface area contributed by atoms with Gasteiger partial charge < -0.3 is 9.84 Å². The van der Waals surface area contributed by atoms with Gasteiger partial charge in [-0.1, -0.05) is 18.6 Å². The maximum Gasteiger partial charge on any atom is 0.349 e. The lowest BCUT2D eigenvalue weighted by Gasteiger charge is -2.28. The number of rotatable bonds is 4. The maximum atomic E-state index is 12.7. The minimum atomic E-state index is -1.67. The topological polar surface area (TPSA) is 46.5 Å². The summed E-state index contributed by atoms with van der Waals surface area (Å²) in [5, 5.41) is 14.8. The van der Waals surface area contributed by atoms with Gasteiger partial charge in [-0.2, -0.15) is 0 Å². The summed E-state index contributed by atoms with van der Waals surface area (Å²) in [7, 11) is 0. The van der Waals surface area contributed by atoms with E-state index in [0.29, 0.717) is 9.75 Å². The van der Waals surface area contributed by atoms with Gasteiger partial charge in [0.15, 0.2) is 0 Å². The number of esters is 1. The summed E-state index contributed by atoms with van der Waals surface area (Å²) < 4.78 is 5.63. The number of halogens is 2. The lowest BCUT2D eigenvalue weighted by molar-refractivity contribution is -0.168. The number of hydrogen-bond donors (Lipinski definition) is 1. The van der Waals surface area contributed by atoms with Crippen molar-refractivity contribution in [3.63, 3.8) is 0 Å². The molecule has 0 aromatic carbocycles. The third kappa shape index (κ3) is 3.97. The molecule has 1 aliphatic carbocycles. The van der Waals surface area contributed by atoms with E-state index in [2.05, 4.69) is 0 Å². The number of thiophene rings is 2. The van der Waals surface area contributed by atoms with Gasteiger partial charge in [0.1, 0.15) is 6.10 Å². The quantitative estimate of drug-likeness (QED) is 0.828. The normalized spacial score (nSPS) is 15.3. The standard InChI is InChI=1S/C16H18O3S2.2FH/c17-15(19-12-6-2-1-3-7-12)16(18,13-8-4-10-20-13)14-9-5-11-21-14;;/h4-5,8-12,18H,1-3,6-7H2;2*1H. The summed E-state index contributed by atoms with van der Waals surface area (Å²) in [5.74, 6) is -0.542. The van der Waals surface area contributed by atoms with Crippen LogP contribution in [0.15, 0.2) is 35.0 Å². The second kappa shape index (κ2) is 8.52. The van der Waals surface area contributed by atoms with Gasteiger partial charge >= 0.3 is 5.97 Å². The molecular weight excluding hydrogens is 342 g/mol. The van der Waals surface area contributed by atoms with Crippen molar-refractivity contribution in [1.29, 1.82) is 0 Å². The molecule has 0 unspecified atom stereocenters. The predicted octanol–water partition coefficient (Wildman–Crippen LogP) is 4.23. The molecule has 2 aromatic rings. The zero-order chi connectivity index (χ0) is 14.7. The van der Waals surface area contributed by atoms with Crippen molar-refractivity contribution in [1.82, 2.24) is 0 Å². The molecule has 1 fully saturated rings. The molecule has 1 saturated carbocycles. The van der Waals surface area contributed by atoms with Gasteiger partial charge in [-0.25, -0.2) is 4.79 Å². The molecule has 0 aliphatic heterocycles. The van der Waals surface area contributed by atoms with Crippen LogP contribution >= 0.6 is 22.7 Å². The van der Waals surface area contributed by atoms with E-state index in [4.69, 9.17) is 4.74 Å². The molecule has 0 radical (unpaired) electrons. The zero-order valence-corrected chi connectivity index (χ0v) is 14.1. The van der Waals surface area contributed by atoms with Crippen LogP contribution in [0.2, 0.25) is 0 Å². The molecule has 1 N–H and O–H groups in total. The van der Waals surface area contributed by atoms with Gasteiger partial charge in [-0.05, 0) is 48.6 Å². The molecular formula is C16H20F2O3S2. The Morgan fingerprint density at radius 1 is 1.04 bits per heavy atom. The number of ether oxygens (including phenoxy) is 1. The first-order valence-electron chi connectivity index (χ1n) is 7.22. The lowest BCUT2D eigenvalue weighted by atomic mass is 9.96. The predicted molar refractivity (Wildman–Crippen MR) is 89.6 cm³/mol. The van der Waals surface area contributed by atoms with Crippen LogP contribution in [-0.2, 0) is 15.1 Å². The Kier molecular flexibility index (Phi) is 7.31. The second-order valence-electron chi connectivity index (χ2n) is 5.33. The van der Waals surface area contributed by atoms with E-state index in [1.807, 2.05) is 22.9 Å². The van der Waals surface area contributed by atoms with E-state index in [9.17, 15) is 9.90 Å². The first kappa shape index (κ1) is 19.7. The monoisotopic (exact) mass is 362 g/mol. The van der Waals surface area contributed by atoms with Crippen molar-refractivity contribution in [2.24, 2.45) is 0 Å². The number of carbonyl (C=O) groups is 1. The minimum absolute atomic E-state index is 0. The van der Waals surface area contributed by atoms with E-state index in [-0.39, 0.29) is 15.5 Å². The van der Waals surface area contributed by atoms with E-state index < -0.39 is 11.6 Å². The molecule has 23 heavy (non-hydrogen) atoms. The Morgan fingerprint density at radius 3 is 2.00 bits per heavy atom. The summed E-state index contributed by atoms with van der Waals surface area (Å²) >= 11 is 2.75. The average molecular weight is 362 g/mol. The largest absolute Gasteiger partial charge is 0.460 e. The third-order valence-corrected chi connectivity index (χ3v) is 5.83. The Bertz CT molecular complexity index is 544. The molecule has 0 bridgehead atoms. The summed E-state index contributed by atoms with van der Waals surface area (Å²) in [5.41, 5.74) is -1.67. The molecule has 2 heterocycles.